The minimum absolute atomic E-state index is 0.180. The van der Waals surface area contributed by atoms with Gasteiger partial charge in [-0.05, 0) is 24.3 Å². The zero-order valence-electron chi connectivity index (χ0n) is 12.0. The summed E-state index contributed by atoms with van der Waals surface area (Å²) in [6.07, 6.45) is 0.376. The van der Waals surface area contributed by atoms with E-state index in [1.54, 1.807) is 19.2 Å². The van der Waals surface area contributed by atoms with Crippen molar-refractivity contribution >= 4 is 5.97 Å². The number of para-hydroxylation sites is 2. The Balaban J connectivity index is 1.96. The number of rotatable bonds is 7. The molecule has 6 heteroatoms. The number of hydrogen-bond acceptors (Lipinski definition) is 5. The Morgan fingerprint density at radius 3 is 2.64 bits per heavy atom. The number of benzene rings is 1. The van der Waals surface area contributed by atoms with Gasteiger partial charge in [-0.15, -0.1) is 0 Å². The number of furan rings is 1. The van der Waals surface area contributed by atoms with Gasteiger partial charge in [0.2, 0.25) is 5.76 Å². The fourth-order valence-corrected chi connectivity index (χ4v) is 1.95. The summed E-state index contributed by atoms with van der Waals surface area (Å²) in [6.45, 7) is 0.279. The highest BCUT2D eigenvalue weighted by Gasteiger charge is 2.18. The van der Waals surface area contributed by atoms with Crippen LogP contribution in [0.2, 0.25) is 0 Å². The first kappa shape index (κ1) is 15.4. The van der Waals surface area contributed by atoms with Gasteiger partial charge in [-0.3, -0.25) is 0 Å². The molecule has 0 bridgehead atoms. The van der Waals surface area contributed by atoms with E-state index in [2.05, 4.69) is 6.07 Å². The van der Waals surface area contributed by atoms with Crippen molar-refractivity contribution in [1.82, 2.24) is 0 Å². The quantitative estimate of drug-likeness (QED) is 0.844. The van der Waals surface area contributed by atoms with E-state index in [0.717, 1.165) is 0 Å². The molecular formula is C16H15NO5. The Labute approximate surface area is 127 Å². The number of ether oxygens (including phenoxy) is 2. The first-order chi connectivity index (χ1) is 10.7. The fraction of sp³-hybridized carbons (Fsp3) is 0.250. The minimum atomic E-state index is -1.16. The highest BCUT2D eigenvalue weighted by atomic mass is 16.5. The Kier molecular flexibility index (Phi) is 5.04. The number of carbonyl (C=O) groups is 1. The lowest BCUT2D eigenvalue weighted by atomic mass is 10.1. The second-order valence-corrected chi connectivity index (χ2v) is 4.48. The molecule has 1 atom stereocenters. The smallest absolute Gasteiger partial charge is 0.371 e. The van der Waals surface area contributed by atoms with Crippen LogP contribution in [0.1, 0.15) is 28.7 Å². The van der Waals surface area contributed by atoms with Crippen LogP contribution in [-0.2, 0) is 0 Å². The zero-order valence-corrected chi connectivity index (χ0v) is 12.0. The van der Waals surface area contributed by atoms with Crippen LogP contribution in [0.25, 0.3) is 0 Å². The van der Waals surface area contributed by atoms with Crippen LogP contribution in [-0.4, -0.2) is 24.8 Å². The lowest BCUT2D eigenvalue weighted by Gasteiger charge is -2.11. The van der Waals surface area contributed by atoms with E-state index in [9.17, 15) is 10.1 Å². The number of aromatic carboxylic acids is 1. The van der Waals surface area contributed by atoms with Crippen LogP contribution < -0.4 is 9.47 Å². The third-order valence-corrected chi connectivity index (χ3v) is 3.07. The maximum atomic E-state index is 10.8. The maximum Gasteiger partial charge on any atom is 0.371 e. The molecule has 1 aromatic heterocycles. The molecule has 0 fully saturated rings. The van der Waals surface area contributed by atoms with Crippen molar-refractivity contribution in [2.24, 2.45) is 0 Å². The average Bonchev–Trinajstić information content (AvgIpc) is 3.02. The van der Waals surface area contributed by atoms with Crippen molar-refractivity contribution in [3.05, 3.63) is 47.9 Å². The molecule has 2 aromatic rings. The van der Waals surface area contributed by atoms with Crippen molar-refractivity contribution in [3.8, 4) is 17.6 Å². The second kappa shape index (κ2) is 7.18. The van der Waals surface area contributed by atoms with Crippen molar-refractivity contribution in [2.45, 2.75) is 12.3 Å². The van der Waals surface area contributed by atoms with Gasteiger partial charge in [0.15, 0.2) is 11.5 Å². The number of methoxy groups -OCH3 is 1. The first-order valence-electron chi connectivity index (χ1n) is 6.64. The van der Waals surface area contributed by atoms with Crippen LogP contribution in [0, 0.1) is 11.3 Å². The summed E-state index contributed by atoms with van der Waals surface area (Å²) in [5.41, 5.74) is 0. The van der Waals surface area contributed by atoms with Crippen molar-refractivity contribution < 1.29 is 23.8 Å². The summed E-state index contributed by atoms with van der Waals surface area (Å²) in [6, 6.07) is 12.1. The number of carboxylic acids is 1. The predicted molar refractivity (Wildman–Crippen MR) is 77.1 cm³/mol. The standard InChI is InChI=1S/C16H15NO5/c1-20-13-4-2-3-5-14(13)21-9-8-11(10-17)12-6-7-15(22-12)16(18)19/h2-7,11H,8-9H2,1H3,(H,18,19). The highest BCUT2D eigenvalue weighted by molar-refractivity contribution is 5.84. The summed E-state index contributed by atoms with van der Waals surface area (Å²) >= 11 is 0. The molecule has 114 valence electrons. The molecule has 0 radical (unpaired) electrons. The van der Waals surface area contributed by atoms with Gasteiger partial charge in [0.05, 0.1) is 19.8 Å². The fourth-order valence-electron chi connectivity index (χ4n) is 1.95. The monoisotopic (exact) mass is 301 g/mol. The molecule has 0 saturated carbocycles. The largest absolute Gasteiger partial charge is 0.493 e. The van der Waals surface area contributed by atoms with Crippen molar-refractivity contribution in [1.29, 1.82) is 5.26 Å². The van der Waals surface area contributed by atoms with Crippen LogP contribution in [0.3, 0.4) is 0 Å². The summed E-state index contributed by atoms with van der Waals surface area (Å²) in [5.74, 6) is -0.380. The molecule has 0 saturated heterocycles. The van der Waals surface area contributed by atoms with E-state index in [1.807, 2.05) is 12.1 Å². The highest BCUT2D eigenvalue weighted by Crippen LogP contribution is 2.27. The maximum absolute atomic E-state index is 10.8. The molecule has 0 aliphatic rings. The van der Waals surface area contributed by atoms with Gasteiger partial charge in [0.25, 0.3) is 0 Å². The molecular weight excluding hydrogens is 286 g/mol. The van der Waals surface area contributed by atoms with Gasteiger partial charge in [-0.2, -0.15) is 5.26 Å². The molecule has 1 heterocycles. The van der Waals surface area contributed by atoms with Gasteiger partial charge in [0.1, 0.15) is 11.7 Å². The molecule has 0 aliphatic heterocycles. The summed E-state index contributed by atoms with van der Waals surface area (Å²) in [7, 11) is 1.55. The third-order valence-electron chi connectivity index (χ3n) is 3.07. The van der Waals surface area contributed by atoms with E-state index < -0.39 is 11.9 Å². The molecule has 1 N–H and O–H groups in total. The second-order valence-electron chi connectivity index (χ2n) is 4.48. The van der Waals surface area contributed by atoms with Gasteiger partial charge >= 0.3 is 5.97 Å². The van der Waals surface area contributed by atoms with E-state index in [4.69, 9.17) is 19.0 Å². The molecule has 1 unspecified atom stereocenters. The Bertz CT molecular complexity index is 686. The van der Waals surface area contributed by atoms with E-state index >= 15 is 0 Å². The van der Waals surface area contributed by atoms with E-state index in [1.165, 1.54) is 12.1 Å². The van der Waals surface area contributed by atoms with Gasteiger partial charge in [-0.1, -0.05) is 12.1 Å². The minimum Gasteiger partial charge on any atom is -0.493 e. The summed E-state index contributed by atoms with van der Waals surface area (Å²) in [4.78, 5) is 10.8. The lowest BCUT2D eigenvalue weighted by Crippen LogP contribution is -2.05. The number of nitriles is 1. The van der Waals surface area contributed by atoms with E-state index in [-0.39, 0.29) is 12.4 Å². The molecule has 22 heavy (non-hydrogen) atoms. The SMILES string of the molecule is COc1ccccc1OCCC(C#N)c1ccc(C(=O)O)o1. The van der Waals surface area contributed by atoms with Crippen LogP contribution >= 0.6 is 0 Å². The van der Waals surface area contributed by atoms with Crippen LogP contribution in [0.15, 0.2) is 40.8 Å². The van der Waals surface area contributed by atoms with Crippen molar-refractivity contribution in [2.75, 3.05) is 13.7 Å². The van der Waals surface area contributed by atoms with Gasteiger partial charge < -0.3 is 19.0 Å². The Morgan fingerprint density at radius 2 is 2.05 bits per heavy atom. The molecule has 0 amide bonds. The molecule has 2 rings (SSSR count). The van der Waals surface area contributed by atoms with Gasteiger partial charge in [0, 0.05) is 6.42 Å². The zero-order chi connectivity index (χ0) is 15.9. The van der Waals surface area contributed by atoms with Crippen molar-refractivity contribution in [3.63, 3.8) is 0 Å². The summed E-state index contributed by atoms with van der Waals surface area (Å²) < 4.78 is 15.9. The predicted octanol–water partition coefficient (Wildman–Crippen LogP) is 3.06. The average molecular weight is 301 g/mol. The molecule has 6 nitrogen and oxygen atoms in total. The van der Waals surface area contributed by atoms with Crippen LogP contribution in [0.4, 0.5) is 0 Å². The molecule has 0 aliphatic carbocycles. The molecule has 1 aromatic carbocycles. The molecule has 0 spiro atoms. The summed E-state index contributed by atoms with van der Waals surface area (Å²) in [5, 5.41) is 18.0. The first-order valence-corrected chi connectivity index (χ1v) is 6.64. The Morgan fingerprint density at radius 1 is 1.32 bits per heavy atom. The topological polar surface area (TPSA) is 92.7 Å². The Hall–Kier alpha value is -2.94. The lowest BCUT2D eigenvalue weighted by molar-refractivity contribution is 0.0660. The number of carboxylic acid groups (broad SMARTS) is 1. The normalized spacial score (nSPS) is 11.5. The van der Waals surface area contributed by atoms with Crippen LogP contribution in [0.5, 0.6) is 11.5 Å². The third kappa shape index (κ3) is 3.58. The van der Waals surface area contributed by atoms with E-state index in [0.29, 0.717) is 23.7 Å². The number of hydrogen-bond donors (Lipinski definition) is 1. The number of nitrogens with zero attached hydrogens (tertiary/aromatic N) is 1. The van der Waals surface area contributed by atoms with Gasteiger partial charge in [-0.25, -0.2) is 4.79 Å².